The van der Waals surface area contributed by atoms with E-state index in [1.165, 1.54) is 16.5 Å². The summed E-state index contributed by atoms with van der Waals surface area (Å²) in [6.45, 7) is 0. The van der Waals surface area contributed by atoms with Crippen LogP contribution < -0.4 is 4.40 Å². The van der Waals surface area contributed by atoms with E-state index in [2.05, 4.69) is 184 Å². The van der Waals surface area contributed by atoms with Gasteiger partial charge in [0.05, 0.1) is 11.1 Å². The summed E-state index contributed by atoms with van der Waals surface area (Å²) in [5.41, 5.74) is 11.6. The van der Waals surface area contributed by atoms with Crippen LogP contribution >= 0.6 is 0 Å². The van der Waals surface area contributed by atoms with Gasteiger partial charge in [-0.1, -0.05) is 176 Å². The van der Waals surface area contributed by atoms with Gasteiger partial charge in [-0.05, 0) is 46.8 Å². The molecule has 1 N–H and O–H groups in total. The number of benzene rings is 8. The van der Waals surface area contributed by atoms with Crippen LogP contribution in [0.3, 0.4) is 0 Å². The summed E-state index contributed by atoms with van der Waals surface area (Å²) >= 11 is 0. The molecule has 0 aliphatic rings. The smallest absolute Gasteiger partial charge is 0.273 e. The van der Waals surface area contributed by atoms with E-state index in [4.69, 9.17) is 15.0 Å². The minimum absolute atomic E-state index is 0.552. The van der Waals surface area contributed by atoms with Gasteiger partial charge in [0.25, 0.3) is 5.82 Å². The average molecular weight is 768 g/mol. The number of aromatic nitrogens is 6. The van der Waals surface area contributed by atoms with E-state index in [-0.39, 0.29) is 0 Å². The summed E-state index contributed by atoms with van der Waals surface area (Å²) in [5, 5.41) is 5.68. The number of pyridine rings is 1. The van der Waals surface area contributed by atoms with Crippen LogP contribution in [0.5, 0.6) is 0 Å². The molecule has 12 rings (SSSR count). The maximum absolute atomic E-state index is 5.32. The summed E-state index contributed by atoms with van der Waals surface area (Å²) in [6.07, 6.45) is 0. The first-order chi connectivity index (χ1) is 29.8. The molecule has 0 amide bonds. The Morgan fingerprint density at radius 3 is 1.45 bits per heavy atom. The second kappa shape index (κ2) is 13.7. The van der Waals surface area contributed by atoms with Crippen LogP contribution in [0.4, 0.5) is 0 Å². The van der Waals surface area contributed by atoms with Crippen LogP contribution in [0.15, 0.2) is 206 Å². The number of aromatic amines is 1. The zero-order valence-corrected chi connectivity index (χ0v) is 32.4. The molecular formula is C54H35N6+. The zero-order valence-electron chi connectivity index (χ0n) is 32.4. The molecule has 6 heteroatoms. The Bertz CT molecular complexity index is 3500. The number of nitrogens with one attached hydrogen (secondary N) is 1. The van der Waals surface area contributed by atoms with Gasteiger partial charge in [0.15, 0.2) is 28.4 Å². The van der Waals surface area contributed by atoms with Crippen LogP contribution in [0.25, 0.3) is 111 Å². The summed E-state index contributed by atoms with van der Waals surface area (Å²) in [5.74, 6) is 2.76. The standard InChI is InChI=1S/C54H34N6/c1-5-17-35(18-6-1)36-29-31-40(32-30-36)53-55-47(37-19-7-2-8-20-37)48-43-27-14-13-25-41(43)44-33-34-45-42-26-15-16-28-46(42)59(49(45)50(44)60(48)53)54-57-51(38-21-9-3-10-22-38)56-52(58-54)39-23-11-4-12-24-39/h1-34H/p+1. The predicted octanol–water partition coefficient (Wildman–Crippen LogP) is 12.7. The van der Waals surface area contributed by atoms with Crippen molar-refractivity contribution >= 4 is 49.0 Å². The van der Waals surface area contributed by atoms with Crippen molar-refractivity contribution in [2.45, 2.75) is 0 Å². The van der Waals surface area contributed by atoms with Gasteiger partial charge in [-0.25, -0.2) is 9.97 Å². The molecule has 280 valence electrons. The lowest BCUT2D eigenvalue weighted by Crippen LogP contribution is -2.25. The Morgan fingerprint density at radius 1 is 0.350 bits per heavy atom. The third kappa shape index (κ3) is 5.35. The van der Waals surface area contributed by atoms with Crippen molar-refractivity contribution in [1.82, 2.24) is 24.5 Å². The molecule has 0 spiro atoms. The largest absolute Gasteiger partial charge is 0.292 e. The summed E-state index contributed by atoms with van der Waals surface area (Å²) in [6, 6.07) is 72.4. The molecule has 0 fully saturated rings. The SMILES string of the molecule is c1ccc(-c2ccc(-c3[nH]c(-c4ccccc4)c4c5ccccc5c5ccc6c7ccccc7n(-c7nc(-c8ccccc8)nc(-c8ccccc8)n7)c6c5[n+]34)cc2)cc1. The fourth-order valence-corrected chi connectivity index (χ4v) is 8.92. The highest BCUT2D eigenvalue weighted by atomic mass is 15.2. The molecule has 0 unspecified atom stereocenters. The maximum Gasteiger partial charge on any atom is 0.292 e. The van der Waals surface area contributed by atoms with Crippen molar-refractivity contribution in [3.8, 4) is 62.5 Å². The number of nitrogens with zero attached hydrogens (tertiary/aromatic N) is 5. The van der Waals surface area contributed by atoms with Gasteiger partial charge in [-0.15, -0.1) is 0 Å². The number of rotatable bonds is 6. The van der Waals surface area contributed by atoms with Crippen molar-refractivity contribution in [3.63, 3.8) is 0 Å². The van der Waals surface area contributed by atoms with E-state index in [1.807, 2.05) is 36.4 Å². The van der Waals surface area contributed by atoms with Crippen LogP contribution in [0.1, 0.15) is 0 Å². The lowest BCUT2D eigenvalue weighted by molar-refractivity contribution is -0.465. The minimum Gasteiger partial charge on any atom is -0.273 e. The number of para-hydroxylation sites is 1. The van der Waals surface area contributed by atoms with Crippen LogP contribution in [0.2, 0.25) is 0 Å². The van der Waals surface area contributed by atoms with Gasteiger partial charge in [-0.2, -0.15) is 14.4 Å². The average Bonchev–Trinajstić information content (AvgIpc) is 3.90. The van der Waals surface area contributed by atoms with Crippen LogP contribution in [0, 0.1) is 0 Å². The Labute approximate surface area is 345 Å². The van der Waals surface area contributed by atoms with E-state index < -0.39 is 0 Å². The topological polar surface area (TPSA) is 63.5 Å². The second-order valence-corrected chi connectivity index (χ2v) is 15.1. The van der Waals surface area contributed by atoms with Crippen molar-refractivity contribution in [2.75, 3.05) is 0 Å². The van der Waals surface area contributed by atoms with Crippen molar-refractivity contribution in [1.29, 1.82) is 0 Å². The number of fused-ring (bicyclic) bond motifs is 10. The lowest BCUT2D eigenvalue weighted by Gasteiger charge is -2.13. The number of hydrogen-bond donors (Lipinski definition) is 1. The molecule has 4 heterocycles. The highest BCUT2D eigenvalue weighted by Gasteiger charge is 2.30. The molecule has 12 aromatic rings. The van der Waals surface area contributed by atoms with Gasteiger partial charge in [0.2, 0.25) is 5.95 Å². The first-order valence-electron chi connectivity index (χ1n) is 20.2. The van der Waals surface area contributed by atoms with Crippen LogP contribution in [-0.4, -0.2) is 24.5 Å². The first kappa shape index (κ1) is 33.9. The van der Waals surface area contributed by atoms with Gasteiger partial charge in [0, 0.05) is 38.2 Å². The molecule has 0 radical (unpaired) electrons. The Kier molecular flexibility index (Phi) is 7.74. The number of H-pyrrole nitrogens is 1. The first-order valence-corrected chi connectivity index (χ1v) is 20.2. The molecule has 0 saturated carbocycles. The quantitative estimate of drug-likeness (QED) is 0.135. The monoisotopic (exact) mass is 767 g/mol. The normalized spacial score (nSPS) is 11.7. The highest BCUT2D eigenvalue weighted by molar-refractivity contribution is 6.22. The summed E-state index contributed by atoms with van der Waals surface area (Å²) in [4.78, 5) is 19.7. The van der Waals surface area contributed by atoms with Gasteiger partial charge < -0.3 is 0 Å². The second-order valence-electron chi connectivity index (χ2n) is 15.1. The minimum atomic E-state index is 0.552. The molecule has 0 saturated heterocycles. The Hall–Kier alpha value is -8.22. The predicted molar refractivity (Wildman–Crippen MR) is 244 cm³/mol. The van der Waals surface area contributed by atoms with Gasteiger partial charge in [-0.3, -0.25) is 4.57 Å². The summed E-state index contributed by atoms with van der Waals surface area (Å²) < 4.78 is 4.71. The molecule has 0 atom stereocenters. The molecule has 60 heavy (non-hydrogen) atoms. The number of imidazole rings is 1. The van der Waals surface area contributed by atoms with Crippen molar-refractivity contribution in [3.05, 3.63) is 206 Å². The third-order valence-electron chi connectivity index (χ3n) is 11.6. The van der Waals surface area contributed by atoms with E-state index >= 15 is 0 Å². The molecule has 0 bridgehead atoms. The zero-order chi connectivity index (χ0) is 39.6. The maximum atomic E-state index is 5.32. The molecule has 0 aliphatic carbocycles. The molecule has 0 aliphatic heterocycles. The third-order valence-corrected chi connectivity index (χ3v) is 11.6. The molecular weight excluding hydrogens is 733 g/mol. The van der Waals surface area contributed by atoms with Crippen molar-refractivity contribution in [2.24, 2.45) is 0 Å². The highest BCUT2D eigenvalue weighted by Crippen LogP contribution is 2.41. The molecule has 8 aromatic carbocycles. The molecule has 4 aromatic heterocycles. The van der Waals surface area contributed by atoms with Crippen molar-refractivity contribution < 1.29 is 4.40 Å². The van der Waals surface area contributed by atoms with E-state index in [1.54, 1.807) is 0 Å². The molecule has 6 nitrogen and oxygen atoms in total. The fraction of sp³-hybridized carbons (Fsp3) is 0. The lowest BCUT2D eigenvalue weighted by atomic mass is 10.0. The van der Waals surface area contributed by atoms with Gasteiger partial charge >= 0.3 is 0 Å². The number of hydrogen-bond acceptors (Lipinski definition) is 3. The van der Waals surface area contributed by atoms with E-state index in [0.717, 1.165) is 77.4 Å². The van der Waals surface area contributed by atoms with Crippen LogP contribution in [-0.2, 0) is 0 Å². The Balaban J connectivity index is 1.26. The Morgan fingerprint density at radius 2 is 0.817 bits per heavy atom. The van der Waals surface area contributed by atoms with Gasteiger partial charge in [0.1, 0.15) is 5.52 Å². The van der Waals surface area contributed by atoms with E-state index in [9.17, 15) is 0 Å². The summed E-state index contributed by atoms with van der Waals surface area (Å²) in [7, 11) is 0. The fourth-order valence-electron chi connectivity index (χ4n) is 8.92. The van der Waals surface area contributed by atoms with E-state index in [0.29, 0.717) is 17.6 Å².